The first-order valence-corrected chi connectivity index (χ1v) is 7.93. The van der Waals surface area contributed by atoms with E-state index in [9.17, 15) is 9.59 Å². The normalized spacial score (nSPS) is 10.5. The van der Waals surface area contributed by atoms with Crippen LogP contribution in [0.2, 0.25) is 0 Å². The predicted octanol–water partition coefficient (Wildman–Crippen LogP) is 2.12. The summed E-state index contributed by atoms with van der Waals surface area (Å²) in [5.41, 5.74) is 0.339. The number of hydrogen-bond acceptors (Lipinski definition) is 7. The summed E-state index contributed by atoms with van der Waals surface area (Å²) in [5, 5.41) is 1.78. The van der Waals surface area contributed by atoms with Crippen LogP contribution >= 0.6 is 11.3 Å². The summed E-state index contributed by atoms with van der Waals surface area (Å²) < 4.78 is 16.1. The lowest BCUT2D eigenvalue weighted by Gasteiger charge is -2.10. The van der Waals surface area contributed by atoms with Gasteiger partial charge in [-0.15, -0.1) is 11.3 Å². The van der Waals surface area contributed by atoms with E-state index in [1.54, 1.807) is 35.7 Å². The Bertz CT molecular complexity index is 918. The quantitative estimate of drug-likeness (QED) is 0.688. The third-order valence-corrected chi connectivity index (χ3v) is 4.05. The smallest absolute Gasteiger partial charge is 0.344 e. The van der Waals surface area contributed by atoms with E-state index in [1.165, 1.54) is 18.4 Å². The zero-order chi connectivity index (χ0) is 16.9. The molecule has 0 bridgehead atoms. The second kappa shape index (κ2) is 7.14. The molecular formula is C16H14N2O5S. The molecule has 0 spiro atoms. The molecule has 3 aromatic rings. The molecule has 2 heterocycles. The van der Waals surface area contributed by atoms with Crippen LogP contribution in [-0.2, 0) is 16.1 Å². The van der Waals surface area contributed by atoms with E-state index in [4.69, 9.17) is 14.2 Å². The number of aromatic nitrogens is 2. The van der Waals surface area contributed by atoms with Crippen LogP contribution in [0.4, 0.5) is 0 Å². The molecule has 0 unspecified atom stereocenters. The Morgan fingerprint density at radius 3 is 2.83 bits per heavy atom. The molecule has 0 radical (unpaired) electrons. The van der Waals surface area contributed by atoms with Gasteiger partial charge in [-0.1, -0.05) is 12.1 Å². The van der Waals surface area contributed by atoms with Crippen molar-refractivity contribution in [2.45, 2.75) is 6.61 Å². The van der Waals surface area contributed by atoms with Crippen molar-refractivity contribution in [2.75, 3.05) is 13.7 Å². The van der Waals surface area contributed by atoms with Gasteiger partial charge in [-0.25, -0.2) is 9.78 Å². The number of aromatic amines is 1. The highest BCUT2D eigenvalue weighted by atomic mass is 32.1. The summed E-state index contributed by atoms with van der Waals surface area (Å²) in [6, 6.07) is 8.73. The van der Waals surface area contributed by atoms with Gasteiger partial charge in [0.05, 0.1) is 12.6 Å². The molecule has 0 amide bonds. The fourth-order valence-electron chi connectivity index (χ4n) is 2.06. The van der Waals surface area contributed by atoms with Crippen molar-refractivity contribution < 1.29 is 19.0 Å². The molecular weight excluding hydrogens is 332 g/mol. The SMILES string of the molecule is COc1ccccc1OCC(=O)OCc1nc2ccsc2c(=O)[nH]1. The van der Waals surface area contributed by atoms with Crippen LogP contribution in [0.15, 0.2) is 40.5 Å². The fourth-order valence-corrected chi connectivity index (χ4v) is 2.78. The molecule has 1 N–H and O–H groups in total. The number of rotatable bonds is 6. The number of nitrogens with zero attached hydrogens (tertiary/aromatic N) is 1. The van der Waals surface area contributed by atoms with Crippen molar-refractivity contribution in [3.05, 3.63) is 51.9 Å². The molecule has 8 heteroatoms. The third-order valence-electron chi connectivity index (χ3n) is 3.15. The minimum absolute atomic E-state index is 0.130. The Kier molecular flexibility index (Phi) is 4.76. The number of nitrogens with one attached hydrogen (secondary N) is 1. The number of benzene rings is 1. The van der Waals surface area contributed by atoms with E-state index in [-0.39, 0.29) is 24.6 Å². The average molecular weight is 346 g/mol. The van der Waals surface area contributed by atoms with Crippen LogP contribution in [0.1, 0.15) is 5.82 Å². The van der Waals surface area contributed by atoms with Gasteiger partial charge in [0.1, 0.15) is 17.1 Å². The van der Waals surface area contributed by atoms with Crippen LogP contribution in [0, 0.1) is 0 Å². The summed E-state index contributed by atoms with van der Waals surface area (Å²) in [6.45, 7) is -0.402. The summed E-state index contributed by atoms with van der Waals surface area (Å²) in [5.74, 6) is 0.688. The summed E-state index contributed by atoms with van der Waals surface area (Å²) >= 11 is 1.31. The molecule has 0 atom stereocenters. The Morgan fingerprint density at radius 1 is 1.25 bits per heavy atom. The minimum atomic E-state index is -0.575. The highest BCUT2D eigenvalue weighted by molar-refractivity contribution is 7.17. The summed E-state index contributed by atoms with van der Waals surface area (Å²) in [4.78, 5) is 30.4. The van der Waals surface area contributed by atoms with Crippen molar-refractivity contribution in [1.29, 1.82) is 0 Å². The number of methoxy groups -OCH3 is 1. The van der Waals surface area contributed by atoms with Gasteiger partial charge >= 0.3 is 5.97 Å². The standard InChI is InChI=1S/C16H14N2O5S/c1-21-11-4-2-3-5-12(11)22-9-14(19)23-8-13-17-10-6-7-24-15(10)16(20)18-13/h2-7H,8-9H2,1H3,(H,17,18,20). The number of thiophene rings is 1. The van der Waals surface area contributed by atoms with Gasteiger partial charge in [0, 0.05) is 0 Å². The molecule has 0 saturated carbocycles. The zero-order valence-corrected chi connectivity index (χ0v) is 13.6. The minimum Gasteiger partial charge on any atom is -0.493 e. The maximum atomic E-state index is 11.8. The number of para-hydroxylation sites is 2. The summed E-state index contributed by atoms with van der Waals surface area (Å²) in [7, 11) is 1.52. The number of ether oxygens (including phenoxy) is 3. The van der Waals surface area contributed by atoms with E-state index in [0.717, 1.165) is 0 Å². The predicted molar refractivity (Wildman–Crippen MR) is 88.5 cm³/mol. The molecule has 24 heavy (non-hydrogen) atoms. The van der Waals surface area contributed by atoms with E-state index in [0.29, 0.717) is 21.7 Å². The second-order valence-corrected chi connectivity index (χ2v) is 5.66. The van der Waals surface area contributed by atoms with Gasteiger partial charge in [0.15, 0.2) is 18.1 Å². The highest BCUT2D eigenvalue weighted by Gasteiger charge is 2.10. The van der Waals surface area contributed by atoms with E-state index < -0.39 is 5.97 Å². The molecule has 3 rings (SSSR count). The van der Waals surface area contributed by atoms with Gasteiger partial charge in [0.2, 0.25) is 0 Å². The topological polar surface area (TPSA) is 90.5 Å². The first-order valence-electron chi connectivity index (χ1n) is 7.05. The Morgan fingerprint density at radius 2 is 2.04 bits per heavy atom. The van der Waals surface area contributed by atoms with Crippen molar-refractivity contribution in [1.82, 2.24) is 9.97 Å². The first-order chi connectivity index (χ1) is 11.7. The van der Waals surface area contributed by atoms with Crippen molar-refractivity contribution in [2.24, 2.45) is 0 Å². The Labute approximate surface area is 140 Å². The molecule has 0 aliphatic rings. The van der Waals surface area contributed by atoms with Gasteiger partial charge in [0.25, 0.3) is 5.56 Å². The van der Waals surface area contributed by atoms with Crippen molar-refractivity contribution in [3.63, 3.8) is 0 Å². The largest absolute Gasteiger partial charge is 0.493 e. The Balaban J connectivity index is 1.58. The van der Waals surface area contributed by atoms with Gasteiger partial charge in [-0.05, 0) is 23.6 Å². The first kappa shape index (κ1) is 16.0. The monoisotopic (exact) mass is 346 g/mol. The molecule has 1 aromatic carbocycles. The molecule has 0 saturated heterocycles. The Hall–Kier alpha value is -2.87. The lowest BCUT2D eigenvalue weighted by Crippen LogP contribution is -2.17. The average Bonchev–Trinajstić information content (AvgIpc) is 3.07. The number of carbonyl (C=O) groups is 1. The molecule has 2 aromatic heterocycles. The van der Waals surface area contributed by atoms with E-state index >= 15 is 0 Å². The van der Waals surface area contributed by atoms with Gasteiger partial charge < -0.3 is 19.2 Å². The number of hydrogen-bond donors (Lipinski definition) is 1. The summed E-state index contributed by atoms with van der Waals surface area (Å²) in [6.07, 6.45) is 0. The third kappa shape index (κ3) is 3.54. The van der Waals surface area contributed by atoms with Crippen molar-refractivity contribution in [3.8, 4) is 11.5 Å². The maximum Gasteiger partial charge on any atom is 0.344 e. The molecule has 7 nitrogen and oxygen atoms in total. The van der Waals surface area contributed by atoms with Crippen LogP contribution in [0.3, 0.4) is 0 Å². The zero-order valence-electron chi connectivity index (χ0n) is 12.8. The molecule has 0 aliphatic carbocycles. The van der Waals surface area contributed by atoms with Gasteiger partial charge in [-0.2, -0.15) is 0 Å². The lowest BCUT2D eigenvalue weighted by molar-refractivity contribution is -0.147. The molecule has 0 fully saturated rings. The second-order valence-electron chi connectivity index (χ2n) is 4.75. The number of esters is 1. The van der Waals surface area contributed by atoms with Crippen LogP contribution < -0.4 is 15.0 Å². The number of fused-ring (bicyclic) bond motifs is 1. The van der Waals surface area contributed by atoms with Gasteiger partial charge in [-0.3, -0.25) is 4.79 Å². The van der Waals surface area contributed by atoms with E-state index in [1.807, 2.05) is 0 Å². The molecule has 124 valence electrons. The lowest BCUT2D eigenvalue weighted by atomic mass is 10.3. The highest BCUT2D eigenvalue weighted by Crippen LogP contribution is 2.25. The van der Waals surface area contributed by atoms with Crippen LogP contribution in [0.5, 0.6) is 11.5 Å². The number of H-pyrrole nitrogens is 1. The van der Waals surface area contributed by atoms with Crippen molar-refractivity contribution >= 4 is 27.5 Å². The van der Waals surface area contributed by atoms with Crippen LogP contribution in [-0.4, -0.2) is 29.7 Å². The number of carbonyl (C=O) groups excluding carboxylic acids is 1. The molecule has 0 aliphatic heterocycles. The maximum absolute atomic E-state index is 11.8. The fraction of sp³-hybridized carbons (Fsp3) is 0.188. The van der Waals surface area contributed by atoms with E-state index in [2.05, 4.69) is 9.97 Å². The van der Waals surface area contributed by atoms with Crippen LogP contribution in [0.25, 0.3) is 10.2 Å².